The SMILES string of the molecule is CCCCCC(=O)OCCCCCCOC(=O)C(C)O. The minimum atomic E-state index is -1.05. The van der Waals surface area contributed by atoms with Crippen molar-refractivity contribution in [2.24, 2.45) is 0 Å². The van der Waals surface area contributed by atoms with Crippen molar-refractivity contribution >= 4 is 11.9 Å². The summed E-state index contributed by atoms with van der Waals surface area (Å²) in [6.45, 7) is 4.29. The summed E-state index contributed by atoms with van der Waals surface area (Å²) in [6.07, 6.45) is 6.00. The van der Waals surface area contributed by atoms with Gasteiger partial charge in [0, 0.05) is 6.42 Å². The topological polar surface area (TPSA) is 72.8 Å². The molecule has 0 spiro atoms. The highest BCUT2D eigenvalue weighted by molar-refractivity contribution is 5.73. The van der Waals surface area contributed by atoms with E-state index in [0.717, 1.165) is 44.9 Å². The van der Waals surface area contributed by atoms with Gasteiger partial charge in [-0.25, -0.2) is 4.79 Å². The monoisotopic (exact) mass is 288 g/mol. The zero-order chi connectivity index (χ0) is 15.2. The molecule has 1 atom stereocenters. The molecule has 0 radical (unpaired) electrons. The number of rotatable bonds is 12. The number of aliphatic hydroxyl groups excluding tert-OH is 1. The van der Waals surface area contributed by atoms with Crippen LogP contribution in [0, 0.1) is 0 Å². The number of hydrogen-bond acceptors (Lipinski definition) is 5. The summed E-state index contributed by atoms with van der Waals surface area (Å²) < 4.78 is 9.94. The molecule has 0 aliphatic rings. The largest absolute Gasteiger partial charge is 0.466 e. The molecular weight excluding hydrogens is 260 g/mol. The predicted molar refractivity (Wildman–Crippen MR) is 76.2 cm³/mol. The van der Waals surface area contributed by atoms with Gasteiger partial charge in [-0.3, -0.25) is 4.79 Å². The second-order valence-electron chi connectivity index (χ2n) is 4.94. The van der Waals surface area contributed by atoms with Crippen molar-refractivity contribution in [3.8, 4) is 0 Å². The first-order chi connectivity index (χ1) is 9.57. The van der Waals surface area contributed by atoms with Crippen molar-refractivity contribution in [2.75, 3.05) is 13.2 Å². The van der Waals surface area contributed by atoms with E-state index in [2.05, 4.69) is 6.92 Å². The number of esters is 2. The molecule has 5 heteroatoms. The molecule has 0 saturated carbocycles. The van der Waals surface area contributed by atoms with Crippen molar-refractivity contribution in [1.82, 2.24) is 0 Å². The van der Waals surface area contributed by atoms with E-state index in [9.17, 15) is 9.59 Å². The van der Waals surface area contributed by atoms with Gasteiger partial charge in [0.05, 0.1) is 13.2 Å². The first-order valence-corrected chi connectivity index (χ1v) is 7.58. The van der Waals surface area contributed by atoms with Crippen molar-refractivity contribution in [2.45, 2.75) is 71.3 Å². The standard InChI is InChI=1S/C15H28O5/c1-3-4-7-10-14(17)19-11-8-5-6-9-12-20-15(18)13(2)16/h13,16H,3-12H2,1-2H3. The number of carbonyl (C=O) groups excluding carboxylic acids is 2. The second kappa shape index (κ2) is 12.9. The fraction of sp³-hybridized carbons (Fsp3) is 0.867. The van der Waals surface area contributed by atoms with E-state index in [1.54, 1.807) is 0 Å². The van der Waals surface area contributed by atoms with Crippen LogP contribution in [0.15, 0.2) is 0 Å². The highest BCUT2D eigenvalue weighted by Crippen LogP contribution is 2.04. The summed E-state index contributed by atoms with van der Waals surface area (Å²) in [5, 5.41) is 8.90. The average molecular weight is 288 g/mol. The lowest BCUT2D eigenvalue weighted by Gasteiger charge is -2.07. The molecule has 1 unspecified atom stereocenters. The summed E-state index contributed by atoms with van der Waals surface area (Å²) >= 11 is 0. The Bertz CT molecular complexity index is 263. The molecule has 0 saturated heterocycles. The molecule has 0 aromatic carbocycles. The van der Waals surface area contributed by atoms with E-state index in [4.69, 9.17) is 14.6 Å². The summed E-state index contributed by atoms with van der Waals surface area (Å²) in [5.41, 5.74) is 0. The van der Waals surface area contributed by atoms with E-state index >= 15 is 0 Å². The number of ether oxygens (including phenoxy) is 2. The van der Waals surface area contributed by atoms with E-state index in [-0.39, 0.29) is 5.97 Å². The number of hydrogen-bond donors (Lipinski definition) is 1. The summed E-state index contributed by atoms with van der Waals surface area (Å²) in [4.78, 5) is 22.2. The number of carbonyl (C=O) groups is 2. The van der Waals surface area contributed by atoms with E-state index in [1.165, 1.54) is 6.92 Å². The van der Waals surface area contributed by atoms with Crippen molar-refractivity contribution in [1.29, 1.82) is 0 Å². The third-order valence-electron chi connectivity index (χ3n) is 2.87. The fourth-order valence-corrected chi connectivity index (χ4v) is 1.63. The molecule has 0 amide bonds. The molecule has 20 heavy (non-hydrogen) atoms. The van der Waals surface area contributed by atoms with Crippen molar-refractivity contribution in [3.05, 3.63) is 0 Å². The minimum Gasteiger partial charge on any atom is -0.466 e. The highest BCUT2D eigenvalue weighted by atomic mass is 16.5. The molecule has 0 aliphatic heterocycles. The maximum Gasteiger partial charge on any atom is 0.334 e. The van der Waals surface area contributed by atoms with Gasteiger partial charge in [0.2, 0.25) is 0 Å². The van der Waals surface area contributed by atoms with Crippen molar-refractivity contribution in [3.63, 3.8) is 0 Å². The smallest absolute Gasteiger partial charge is 0.334 e. The quantitative estimate of drug-likeness (QED) is 0.441. The molecule has 5 nitrogen and oxygen atoms in total. The molecule has 0 aliphatic carbocycles. The number of unbranched alkanes of at least 4 members (excludes halogenated alkanes) is 5. The van der Waals surface area contributed by atoms with Crippen LogP contribution in [0.4, 0.5) is 0 Å². The predicted octanol–water partition coefficient (Wildman–Crippen LogP) is 2.59. The molecule has 1 N–H and O–H groups in total. The minimum absolute atomic E-state index is 0.107. The van der Waals surface area contributed by atoms with Gasteiger partial charge in [0.25, 0.3) is 0 Å². The van der Waals surface area contributed by atoms with Crippen LogP contribution in [0.5, 0.6) is 0 Å². The van der Waals surface area contributed by atoms with Crippen LogP contribution in [0.25, 0.3) is 0 Å². The molecule has 0 rings (SSSR count). The molecule has 0 fully saturated rings. The molecular formula is C15H28O5. The Morgan fingerprint density at radius 3 is 2.10 bits per heavy atom. The van der Waals surface area contributed by atoms with Crippen LogP contribution in [-0.4, -0.2) is 36.4 Å². The van der Waals surface area contributed by atoms with Crippen LogP contribution in [0.3, 0.4) is 0 Å². The van der Waals surface area contributed by atoms with Gasteiger partial charge in [0.15, 0.2) is 0 Å². The van der Waals surface area contributed by atoms with E-state index in [0.29, 0.717) is 19.6 Å². The fourth-order valence-electron chi connectivity index (χ4n) is 1.63. The third-order valence-corrected chi connectivity index (χ3v) is 2.87. The highest BCUT2D eigenvalue weighted by Gasteiger charge is 2.08. The lowest BCUT2D eigenvalue weighted by molar-refractivity contribution is -0.152. The van der Waals surface area contributed by atoms with Crippen LogP contribution < -0.4 is 0 Å². The molecule has 118 valence electrons. The Morgan fingerprint density at radius 2 is 1.55 bits per heavy atom. The summed E-state index contributed by atoms with van der Waals surface area (Å²) in [7, 11) is 0. The van der Waals surface area contributed by atoms with Crippen molar-refractivity contribution < 1.29 is 24.2 Å². The van der Waals surface area contributed by atoms with Crippen LogP contribution in [-0.2, 0) is 19.1 Å². The van der Waals surface area contributed by atoms with Crippen LogP contribution in [0.1, 0.15) is 65.2 Å². The van der Waals surface area contributed by atoms with Gasteiger partial charge in [-0.1, -0.05) is 19.8 Å². The van der Waals surface area contributed by atoms with Gasteiger partial charge in [-0.15, -0.1) is 0 Å². The molecule has 0 aromatic heterocycles. The number of aliphatic hydroxyl groups is 1. The maximum atomic E-state index is 11.3. The van der Waals surface area contributed by atoms with Gasteiger partial charge in [0.1, 0.15) is 6.10 Å². The zero-order valence-corrected chi connectivity index (χ0v) is 12.7. The Kier molecular flexibility index (Phi) is 12.2. The van der Waals surface area contributed by atoms with Crippen LogP contribution in [0.2, 0.25) is 0 Å². The molecule has 0 aromatic rings. The van der Waals surface area contributed by atoms with Gasteiger partial charge < -0.3 is 14.6 Å². The second-order valence-corrected chi connectivity index (χ2v) is 4.94. The average Bonchev–Trinajstić information content (AvgIpc) is 2.41. The van der Waals surface area contributed by atoms with Crippen LogP contribution >= 0.6 is 0 Å². The Labute approximate surface area is 121 Å². The van der Waals surface area contributed by atoms with Gasteiger partial charge in [-0.05, 0) is 39.0 Å². The first kappa shape index (κ1) is 18.9. The lowest BCUT2D eigenvalue weighted by atomic mass is 10.2. The summed E-state index contributed by atoms with van der Waals surface area (Å²) in [5.74, 6) is -0.685. The van der Waals surface area contributed by atoms with Gasteiger partial charge >= 0.3 is 11.9 Å². The van der Waals surface area contributed by atoms with E-state index in [1.807, 2.05) is 0 Å². The summed E-state index contributed by atoms with van der Waals surface area (Å²) in [6, 6.07) is 0. The Balaban J connectivity index is 3.24. The third kappa shape index (κ3) is 12.0. The van der Waals surface area contributed by atoms with Gasteiger partial charge in [-0.2, -0.15) is 0 Å². The lowest BCUT2D eigenvalue weighted by Crippen LogP contribution is -2.19. The first-order valence-electron chi connectivity index (χ1n) is 7.58. The molecule has 0 bridgehead atoms. The maximum absolute atomic E-state index is 11.3. The van der Waals surface area contributed by atoms with E-state index < -0.39 is 12.1 Å². The zero-order valence-electron chi connectivity index (χ0n) is 12.7. The Morgan fingerprint density at radius 1 is 0.950 bits per heavy atom. The Hall–Kier alpha value is -1.10. The molecule has 0 heterocycles. The normalized spacial score (nSPS) is 11.9.